The molecule has 0 N–H and O–H groups in total. The van der Waals surface area contributed by atoms with E-state index in [0.29, 0.717) is 33.3 Å². The third-order valence-corrected chi connectivity index (χ3v) is 3.13. The van der Waals surface area contributed by atoms with E-state index in [9.17, 15) is 0 Å². The molecule has 5 nitrogen and oxygen atoms in total. The number of aromatic nitrogens is 3. The summed E-state index contributed by atoms with van der Waals surface area (Å²) in [6.07, 6.45) is 1.66. The Morgan fingerprint density at radius 1 is 1.10 bits per heavy atom. The number of hydrogen-bond acceptors (Lipinski definition) is 5. The molecule has 0 atom stereocenters. The van der Waals surface area contributed by atoms with Crippen molar-refractivity contribution in [1.82, 2.24) is 15.2 Å². The van der Waals surface area contributed by atoms with Crippen LogP contribution in [0, 0.1) is 0 Å². The Hall–Kier alpha value is -2.11. The van der Waals surface area contributed by atoms with Crippen LogP contribution >= 0.6 is 23.2 Å². The molecule has 1 aromatic carbocycles. The fourth-order valence-corrected chi connectivity index (χ4v) is 2.10. The van der Waals surface area contributed by atoms with Gasteiger partial charge in [0, 0.05) is 11.2 Å². The smallest absolute Gasteiger partial charge is 0.266 e. The van der Waals surface area contributed by atoms with Crippen LogP contribution in [0.4, 0.5) is 0 Å². The van der Waals surface area contributed by atoms with Gasteiger partial charge in [0.2, 0.25) is 0 Å². The number of benzene rings is 1. The van der Waals surface area contributed by atoms with Crippen molar-refractivity contribution in [1.29, 1.82) is 0 Å². The fourth-order valence-electron chi connectivity index (χ4n) is 1.64. The second-order valence-corrected chi connectivity index (χ2v) is 4.92. The minimum atomic E-state index is 0.112. The molecule has 0 aliphatic carbocycles. The molecule has 7 heteroatoms. The predicted octanol–water partition coefficient (Wildman–Crippen LogP) is 4.02. The molecule has 0 saturated carbocycles. The zero-order valence-corrected chi connectivity index (χ0v) is 12.2. The quantitative estimate of drug-likeness (QED) is 0.726. The molecule has 2 heterocycles. The number of pyridine rings is 1. The maximum absolute atomic E-state index is 6.01. The summed E-state index contributed by atoms with van der Waals surface area (Å²) in [6.45, 7) is 0.112. The largest absolute Gasteiger partial charge is 0.482 e. The minimum absolute atomic E-state index is 0.112. The van der Waals surface area contributed by atoms with Crippen LogP contribution in [0.1, 0.15) is 5.89 Å². The Morgan fingerprint density at radius 3 is 2.76 bits per heavy atom. The molecule has 3 aromatic rings. The molecule has 21 heavy (non-hydrogen) atoms. The van der Waals surface area contributed by atoms with Crippen LogP contribution in [-0.4, -0.2) is 15.2 Å². The molecule has 106 valence electrons. The van der Waals surface area contributed by atoms with E-state index in [1.54, 1.807) is 30.5 Å². The van der Waals surface area contributed by atoms with Gasteiger partial charge in [-0.25, -0.2) is 0 Å². The maximum Gasteiger partial charge on any atom is 0.266 e. The first-order chi connectivity index (χ1) is 10.2. The lowest BCUT2D eigenvalue weighted by molar-refractivity contribution is 0.264. The normalized spacial score (nSPS) is 10.6. The van der Waals surface area contributed by atoms with E-state index >= 15 is 0 Å². The number of nitrogens with zero attached hydrogens (tertiary/aromatic N) is 3. The summed E-state index contributed by atoms with van der Waals surface area (Å²) in [4.78, 5) is 4.13. The zero-order valence-electron chi connectivity index (χ0n) is 10.7. The Kier molecular flexibility index (Phi) is 4.03. The topological polar surface area (TPSA) is 61.0 Å². The monoisotopic (exact) mass is 321 g/mol. The van der Waals surface area contributed by atoms with E-state index in [2.05, 4.69) is 15.2 Å². The van der Waals surface area contributed by atoms with Crippen molar-refractivity contribution < 1.29 is 9.15 Å². The molecule has 0 amide bonds. The van der Waals surface area contributed by atoms with Gasteiger partial charge >= 0.3 is 0 Å². The van der Waals surface area contributed by atoms with Crippen molar-refractivity contribution >= 4 is 23.2 Å². The van der Waals surface area contributed by atoms with Gasteiger partial charge in [-0.2, -0.15) is 0 Å². The summed E-state index contributed by atoms with van der Waals surface area (Å²) in [6, 6.07) is 10.4. The van der Waals surface area contributed by atoms with Gasteiger partial charge in [-0.3, -0.25) is 4.98 Å². The highest BCUT2D eigenvalue weighted by Gasteiger charge is 2.10. The van der Waals surface area contributed by atoms with Gasteiger partial charge in [-0.05, 0) is 30.3 Å². The van der Waals surface area contributed by atoms with Gasteiger partial charge in [-0.15, -0.1) is 10.2 Å². The average molecular weight is 322 g/mol. The molecule has 0 aliphatic rings. The number of hydrogen-bond donors (Lipinski definition) is 0. The lowest BCUT2D eigenvalue weighted by atomic mass is 10.3. The lowest BCUT2D eigenvalue weighted by Crippen LogP contribution is -1.96. The van der Waals surface area contributed by atoms with Crippen LogP contribution in [0.25, 0.3) is 11.6 Å². The highest BCUT2D eigenvalue weighted by molar-refractivity contribution is 6.35. The number of ether oxygens (including phenoxy) is 1. The molecule has 0 saturated heterocycles. The van der Waals surface area contributed by atoms with Crippen molar-refractivity contribution in [3.63, 3.8) is 0 Å². The molecular formula is C14H9Cl2N3O2. The molecule has 0 bridgehead atoms. The second kappa shape index (κ2) is 6.11. The first kappa shape index (κ1) is 13.9. The van der Waals surface area contributed by atoms with E-state index in [1.165, 1.54) is 0 Å². The van der Waals surface area contributed by atoms with Crippen LogP contribution in [0.15, 0.2) is 47.0 Å². The summed E-state index contributed by atoms with van der Waals surface area (Å²) in [5.41, 5.74) is 0.612. The third-order valence-electron chi connectivity index (χ3n) is 2.60. The van der Waals surface area contributed by atoms with Crippen LogP contribution in [0.3, 0.4) is 0 Å². The molecule has 0 unspecified atom stereocenters. The molecular weight excluding hydrogens is 313 g/mol. The molecule has 3 rings (SSSR count). The zero-order chi connectivity index (χ0) is 14.7. The Balaban J connectivity index is 1.70. The van der Waals surface area contributed by atoms with Crippen LogP contribution < -0.4 is 4.74 Å². The van der Waals surface area contributed by atoms with Crippen molar-refractivity contribution in [2.45, 2.75) is 6.61 Å². The Bertz CT molecular complexity index is 747. The standard InChI is InChI=1S/C14H9Cl2N3O2/c15-9-4-5-12(10(16)7-9)20-8-13-18-19-14(21-13)11-3-1-2-6-17-11/h1-7H,8H2. The van der Waals surface area contributed by atoms with E-state index in [0.717, 1.165) is 0 Å². The summed E-state index contributed by atoms with van der Waals surface area (Å²) < 4.78 is 11.0. The Morgan fingerprint density at radius 2 is 2.00 bits per heavy atom. The maximum atomic E-state index is 6.01. The van der Waals surface area contributed by atoms with E-state index in [4.69, 9.17) is 32.4 Å². The first-order valence-corrected chi connectivity index (χ1v) is 6.79. The van der Waals surface area contributed by atoms with Crippen molar-refractivity contribution in [3.05, 3.63) is 58.5 Å². The van der Waals surface area contributed by atoms with Gasteiger partial charge < -0.3 is 9.15 Å². The molecule has 0 aliphatic heterocycles. The van der Waals surface area contributed by atoms with Crippen LogP contribution in [0.2, 0.25) is 10.0 Å². The minimum Gasteiger partial charge on any atom is -0.482 e. The number of halogens is 2. The predicted molar refractivity (Wildman–Crippen MR) is 78.3 cm³/mol. The summed E-state index contributed by atoms with van der Waals surface area (Å²) >= 11 is 11.8. The van der Waals surface area contributed by atoms with Crippen molar-refractivity contribution in [2.24, 2.45) is 0 Å². The average Bonchev–Trinajstić information content (AvgIpc) is 2.96. The third kappa shape index (κ3) is 3.32. The highest BCUT2D eigenvalue weighted by Crippen LogP contribution is 2.28. The van der Waals surface area contributed by atoms with E-state index < -0.39 is 0 Å². The van der Waals surface area contributed by atoms with Crippen LogP contribution in [0.5, 0.6) is 5.75 Å². The van der Waals surface area contributed by atoms with E-state index in [-0.39, 0.29) is 6.61 Å². The second-order valence-electron chi connectivity index (χ2n) is 4.08. The molecule has 0 radical (unpaired) electrons. The summed E-state index contributed by atoms with van der Waals surface area (Å²) in [7, 11) is 0. The van der Waals surface area contributed by atoms with Crippen molar-refractivity contribution in [3.8, 4) is 17.3 Å². The molecule has 0 fully saturated rings. The molecule has 2 aromatic heterocycles. The molecule has 0 spiro atoms. The summed E-state index contributed by atoms with van der Waals surface area (Å²) in [5, 5.41) is 8.79. The van der Waals surface area contributed by atoms with E-state index in [1.807, 2.05) is 12.1 Å². The van der Waals surface area contributed by atoms with Gasteiger partial charge in [-0.1, -0.05) is 29.3 Å². The number of rotatable bonds is 4. The van der Waals surface area contributed by atoms with Gasteiger partial charge in [0.25, 0.3) is 11.8 Å². The van der Waals surface area contributed by atoms with Gasteiger partial charge in [0.15, 0.2) is 6.61 Å². The van der Waals surface area contributed by atoms with Crippen molar-refractivity contribution in [2.75, 3.05) is 0 Å². The van der Waals surface area contributed by atoms with Gasteiger partial charge in [0.1, 0.15) is 11.4 Å². The first-order valence-electron chi connectivity index (χ1n) is 6.04. The SMILES string of the molecule is Clc1ccc(OCc2nnc(-c3ccccn3)o2)c(Cl)c1. The fraction of sp³-hybridized carbons (Fsp3) is 0.0714. The summed E-state index contributed by atoms with van der Waals surface area (Å²) in [5.74, 6) is 1.18. The highest BCUT2D eigenvalue weighted by atomic mass is 35.5. The van der Waals surface area contributed by atoms with Gasteiger partial charge in [0.05, 0.1) is 5.02 Å². The Labute approximate surface area is 130 Å². The lowest BCUT2D eigenvalue weighted by Gasteiger charge is -2.05. The van der Waals surface area contributed by atoms with Crippen LogP contribution in [-0.2, 0) is 6.61 Å².